The van der Waals surface area contributed by atoms with E-state index in [2.05, 4.69) is 22.3 Å². The van der Waals surface area contributed by atoms with Gasteiger partial charge in [-0.05, 0) is 24.6 Å². The van der Waals surface area contributed by atoms with E-state index in [0.29, 0.717) is 13.0 Å². The summed E-state index contributed by atoms with van der Waals surface area (Å²) >= 11 is 0. The van der Waals surface area contributed by atoms with E-state index in [-0.39, 0.29) is 17.4 Å². The Hall–Kier alpha value is -1.47. The number of rotatable bonds is 6. The number of hydrogen-bond donors (Lipinski definition) is 2. The van der Waals surface area contributed by atoms with Gasteiger partial charge in [-0.3, -0.25) is 9.69 Å². The Morgan fingerprint density at radius 2 is 1.96 bits per heavy atom. The lowest BCUT2D eigenvalue weighted by atomic mass is 9.54. The molecule has 1 amide bonds. The molecule has 1 aliphatic carbocycles. The highest BCUT2D eigenvalue weighted by Crippen LogP contribution is 2.50. The molecule has 1 heterocycles. The van der Waals surface area contributed by atoms with Gasteiger partial charge in [0.1, 0.15) is 5.54 Å². The molecule has 2 atom stereocenters. The zero-order valence-corrected chi connectivity index (χ0v) is 16.1. The fourth-order valence-electron chi connectivity index (χ4n) is 3.77. The van der Waals surface area contributed by atoms with Gasteiger partial charge in [-0.2, -0.15) is 0 Å². The van der Waals surface area contributed by atoms with Crippen molar-refractivity contribution in [3.63, 3.8) is 0 Å². The highest BCUT2D eigenvalue weighted by Gasteiger charge is 2.62. The molecule has 3 rings (SSSR count). The predicted molar refractivity (Wildman–Crippen MR) is 102 cm³/mol. The summed E-state index contributed by atoms with van der Waals surface area (Å²) in [6.07, 6.45) is 0.577. The van der Waals surface area contributed by atoms with E-state index in [1.54, 1.807) is 0 Å². The van der Waals surface area contributed by atoms with Crippen molar-refractivity contribution >= 4 is 11.6 Å². The fraction of sp³-hybridized carbons (Fsp3) is 0.650. The minimum Gasteiger partial charge on any atom is -0.379 e. The molecule has 1 aromatic rings. The molecule has 6 heteroatoms. The van der Waals surface area contributed by atoms with Crippen LogP contribution in [0.5, 0.6) is 0 Å². The third-order valence-corrected chi connectivity index (χ3v) is 5.96. The zero-order chi connectivity index (χ0) is 18.8. The average Bonchev–Trinajstić information content (AvgIpc) is 2.64. The third kappa shape index (κ3) is 3.64. The van der Waals surface area contributed by atoms with Gasteiger partial charge in [0.15, 0.2) is 0 Å². The van der Waals surface area contributed by atoms with Crippen LogP contribution >= 0.6 is 0 Å². The number of morpholine rings is 1. The predicted octanol–water partition coefficient (Wildman–Crippen LogP) is 1.99. The summed E-state index contributed by atoms with van der Waals surface area (Å²) in [4.78, 5) is 15.1. The van der Waals surface area contributed by atoms with Crippen molar-refractivity contribution in [2.45, 2.75) is 45.4 Å². The topological polar surface area (TPSA) is 76.8 Å². The lowest BCUT2D eigenvalue weighted by molar-refractivity contribution is -0.166. The number of carbonyl (C=O) groups is 1. The number of hydrogen-bond acceptors (Lipinski definition) is 5. The monoisotopic (exact) mass is 361 g/mol. The highest BCUT2D eigenvalue weighted by molar-refractivity contribution is 5.99. The average molecular weight is 361 g/mol. The summed E-state index contributed by atoms with van der Waals surface area (Å²) < 4.78 is 11.1. The second kappa shape index (κ2) is 7.64. The summed E-state index contributed by atoms with van der Waals surface area (Å²) in [7, 11) is 0. The summed E-state index contributed by atoms with van der Waals surface area (Å²) in [5.41, 5.74) is 7.15. The molecule has 3 N–H and O–H groups in total. The fourth-order valence-corrected chi connectivity index (χ4v) is 3.77. The first kappa shape index (κ1) is 19.3. The van der Waals surface area contributed by atoms with Crippen LogP contribution in [-0.2, 0) is 20.8 Å². The molecule has 1 aliphatic heterocycles. The molecule has 0 bridgehead atoms. The highest BCUT2D eigenvalue weighted by atomic mass is 16.5. The van der Waals surface area contributed by atoms with Crippen LogP contribution in [-0.4, -0.2) is 55.4 Å². The van der Waals surface area contributed by atoms with Gasteiger partial charge in [0, 0.05) is 43.8 Å². The van der Waals surface area contributed by atoms with E-state index >= 15 is 0 Å². The maximum atomic E-state index is 12.8. The quantitative estimate of drug-likeness (QED) is 0.810. The van der Waals surface area contributed by atoms with Crippen LogP contribution in [0.15, 0.2) is 24.3 Å². The molecule has 26 heavy (non-hydrogen) atoms. The molecule has 2 unspecified atom stereocenters. The van der Waals surface area contributed by atoms with Gasteiger partial charge in [0.25, 0.3) is 0 Å². The van der Waals surface area contributed by atoms with Gasteiger partial charge in [-0.15, -0.1) is 0 Å². The molecule has 0 spiro atoms. The lowest BCUT2D eigenvalue weighted by Crippen LogP contribution is -2.74. The van der Waals surface area contributed by atoms with E-state index in [1.807, 2.05) is 32.9 Å². The van der Waals surface area contributed by atoms with Crippen molar-refractivity contribution in [1.82, 2.24) is 4.90 Å². The number of nitrogens with two attached hydrogens (primary N) is 1. The van der Waals surface area contributed by atoms with Crippen molar-refractivity contribution < 1.29 is 14.3 Å². The van der Waals surface area contributed by atoms with Crippen LogP contribution in [0.4, 0.5) is 5.69 Å². The summed E-state index contributed by atoms with van der Waals surface area (Å²) in [6.45, 7) is 11.0. The van der Waals surface area contributed by atoms with E-state index in [1.165, 1.54) is 5.56 Å². The zero-order valence-electron chi connectivity index (χ0n) is 16.1. The molecule has 1 saturated carbocycles. The number of carbonyl (C=O) groups excluding carboxylic acids is 1. The van der Waals surface area contributed by atoms with Crippen molar-refractivity contribution in [3.8, 4) is 0 Å². The normalized spacial score (nSPS) is 28.4. The van der Waals surface area contributed by atoms with Crippen molar-refractivity contribution in [2.24, 2.45) is 11.1 Å². The second-order valence-electron chi connectivity index (χ2n) is 7.88. The summed E-state index contributed by atoms with van der Waals surface area (Å²) in [5, 5.41) is 2.98. The number of nitrogens with zero attached hydrogens (tertiary/aromatic N) is 1. The number of nitrogens with one attached hydrogen (secondary N) is 1. The Morgan fingerprint density at radius 1 is 1.31 bits per heavy atom. The van der Waals surface area contributed by atoms with Crippen LogP contribution in [0.3, 0.4) is 0 Å². The minimum absolute atomic E-state index is 0.0270. The smallest absolute Gasteiger partial charge is 0.245 e. The third-order valence-electron chi connectivity index (χ3n) is 5.96. The largest absolute Gasteiger partial charge is 0.379 e. The molecule has 144 valence electrons. The standard InChI is InChI=1S/C20H31N3O3/c1-4-26-17-13-20(21,19(17,2)3)18(24)22-16-7-5-15(6-8-16)14-23-9-11-25-12-10-23/h5-8,17H,4,9-14,21H2,1-3H3,(H,22,24). The molecule has 0 radical (unpaired) electrons. The van der Waals surface area contributed by atoms with Gasteiger partial charge in [0.05, 0.1) is 19.3 Å². The molecule has 6 nitrogen and oxygen atoms in total. The number of benzene rings is 1. The minimum atomic E-state index is -0.903. The number of amides is 1. The Kier molecular flexibility index (Phi) is 5.67. The summed E-state index contributed by atoms with van der Waals surface area (Å²) in [6, 6.07) is 8.01. The van der Waals surface area contributed by atoms with E-state index < -0.39 is 5.54 Å². The Balaban J connectivity index is 1.58. The van der Waals surface area contributed by atoms with Gasteiger partial charge >= 0.3 is 0 Å². The SMILES string of the molecule is CCOC1CC(N)(C(=O)Nc2ccc(CN3CCOCC3)cc2)C1(C)C. The molecule has 1 aromatic carbocycles. The molecular formula is C20H31N3O3. The Morgan fingerprint density at radius 3 is 2.54 bits per heavy atom. The number of ether oxygens (including phenoxy) is 2. The van der Waals surface area contributed by atoms with Gasteiger partial charge in [-0.1, -0.05) is 26.0 Å². The maximum Gasteiger partial charge on any atom is 0.245 e. The molecule has 1 saturated heterocycles. The van der Waals surface area contributed by atoms with Gasteiger partial charge in [-0.25, -0.2) is 0 Å². The summed E-state index contributed by atoms with van der Waals surface area (Å²) in [5.74, 6) is -0.139. The van der Waals surface area contributed by atoms with E-state index in [9.17, 15) is 4.79 Å². The van der Waals surface area contributed by atoms with Crippen LogP contribution in [0.1, 0.15) is 32.8 Å². The van der Waals surface area contributed by atoms with Crippen molar-refractivity contribution in [2.75, 3.05) is 38.2 Å². The lowest BCUT2D eigenvalue weighted by Gasteiger charge is -2.57. The number of anilines is 1. The first-order valence-corrected chi connectivity index (χ1v) is 9.48. The van der Waals surface area contributed by atoms with Crippen LogP contribution in [0.2, 0.25) is 0 Å². The Bertz CT molecular complexity index is 626. The Labute approximate surface area is 156 Å². The first-order valence-electron chi connectivity index (χ1n) is 9.48. The van der Waals surface area contributed by atoms with Gasteiger partial charge in [0.2, 0.25) is 5.91 Å². The first-order chi connectivity index (χ1) is 12.4. The molecule has 2 aliphatic rings. The van der Waals surface area contributed by atoms with Crippen LogP contribution in [0, 0.1) is 5.41 Å². The van der Waals surface area contributed by atoms with Crippen molar-refractivity contribution in [1.29, 1.82) is 0 Å². The maximum absolute atomic E-state index is 12.8. The van der Waals surface area contributed by atoms with E-state index in [0.717, 1.165) is 38.5 Å². The molecular weight excluding hydrogens is 330 g/mol. The van der Waals surface area contributed by atoms with Crippen molar-refractivity contribution in [3.05, 3.63) is 29.8 Å². The van der Waals surface area contributed by atoms with Crippen LogP contribution < -0.4 is 11.1 Å². The van der Waals surface area contributed by atoms with E-state index in [4.69, 9.17) is 15.2 Å². The van der Waals surface area contributed by atoms with Crippen LogP contribution in [0.25, 0.3) is 0 Å². The second-order valence-corrected chi connectivity index (χ2v) is 7.88. The molecule has 2 fully saturated rings. The van der Waals surface area contributed by atoms with Gasteiger partial charge < -0.3 is 20.5 Å². The molecule has 0 aromatic heterocycles.